The maximum Gasteiger partial charge on any atom is 0.261 e. The van der Waals surface area contributed by atoms with E-state index in [1.54, 1.807) is 4.90 Å². The average Bonchev–Trinajstić information content (AvgIpc) is 2.49. The molecule has 6 nitrogen and oxygen atoms in total. The molecule has 0 N–H and O–H groups in total. The second kappa shape index (κ2) is 6.70. The van der Waals surface area contributed by atoms with Gasteiger partial charge in [-0.05, 0) is 26.0 Å². The molecule has 8 heteroatoms. The molecule has 0 radical (unpaired) electrons. The van der Waals surface area contributed by atoms with Crippen LogP contribution in [-0.2, 0) is 16.1 Å². The summed E-state index contributed by atoms with van der Waals surface area (Å²) in [6.45, 7) is 4.78. The third-order valence-corrected chi connectivity index (χ3v) is 4.43. The number of amides is 1. The first-order valence-corrected chi connectivity index (χ1v) is 8.38. The molecule has 2 atom stereocenters. The monoisotopic (exact) mass is 369 g/mol. The number of benzene rings is 1. The summed E-state index contributed by atoms with van der Waals surface area (Å²) in [6, 6.07) is 3.04. The van der Waals surface area contributed by atoms with Crippen LogP contribution < -0.4 is 5.56 Å². The highest BCUT2D eigenvalue weighted by atomic mass is 35.5. The summed E-state index contributed by atoms with van der Waals surface area (Å²) in [5.41, 5.74) is 0.0375. The molecule has 0 unspecified atom stereocenters. The van der Waals surface area contributed by atoms with Crippen molar-refractivity contribution in [3.8, 4) is 0 Å². The van der Waals surface area contributed by atoms with Crippen LogP contribution in [0, 0.1) is 0 Å². The maximum atomic E-state index is 12.6. The highest BCUT2D eigenvalue weighted by molar-refractivity contribution is 6.38. The fourth-order valence-corrected chi connectivity index (χ4v) is 3.48. The second-order valence-corrected chi connectivity index (χ2v) is 6.86. The first-order chi connectivity index (χ1) is 11.3. The second-order valence-electron chi connectivity index (χ2n) is 6.02. The zero-order valence-electron chi connectivity index (χ0n) is 13.3. The Bertz CT molecular complexity index is 842. The van der Waals surface area contributed by atoms with Crippen molar-refractivity contribution in [1.82, 2.24) is 14.5 Å². The lowest BCUT2D eigenvalue weighted by Gasteiger charge is -2.35. The molecule has 2 heterocycles. The molecule has 0 spiro atoms. The van der Waals surface area contributed by atoms with Crippen LogP contribution in [0.2, 0.25) is 10.0 Å². The Balaban J connectivity index is 1.89. The van der Waals surface area contributed by atoms with Crippen molar-refractivity contribution in [3.63, 3.8) is 0 Å². The Kier molecular flexibility index (Phi) is 4.80. The fourth-order valence-electron chi connectivity index (χ4n) is 2.93. The summed E-state index contributed by atoms with van der Waals surface area (Å²) in [7, 11) is 0. The van der Waals surface area contributed by atoms with Crippen molar-refractivity contribution in [1.29, 1.82) is 0 Å². The van der Waals surface area contributed by atoms with Gasteiger partial charge in [0.25, 0.3) is 5.56 Å². The highest BCUT2D eigenvalue weighted by Crippen LogP contribution is 2.24. The summed E-state index contributed by atoms with van der Waals surface area (Å²) in [5.74, 6) is -0.145. The molecule has 1 aliphatic heterocycles. The zero-order valence-corrected chi connectivity index (χ0v) is 14.8. The van der Waals surface area contributed by atoms with Crippen LogP contribution in [0.3, 0.4) is 0 Å². The number of morpholine rings is 1. The maximum absolute atomic E-state index is 12.6. The number of nitrogens with zero attached hydrogens (tertiary/aromatic N) is 3. The average molecular weight is 370 g/mol. The molecule has 0 aliphatic carbocycles. The largest absolute Gasteiger partial charge is 0.372 e. The number of aromatic nitrogens is 2. The number of carbonyl (C=O) groups excluding carboxylic acids is 1. The third kappa shape index (κ3) is 3.41. The summed E-state index contributed by atoms with van der Waals surface area (Å²) < 4.78 is 6.90. The van der Waals surface area contributed by atoms with Gasteiger partial charge < -0.3 is 9.64 Å². The van der Waals surface area contributed by atoms with Crippen LogP contribution in [0.25, 0.3) is 10.9 Å². The van der Waals surface area contributed by atoms with E-state index in [2.05, 4.69) is 4.98 Å². The van der Waals surface area contributed by atoms with Crippen molar-refractivity contribution < 1.29 is 9.53 Å². The zero-order chi connectivity index (χ0) is 17.4. The quantitative estimate of drug-likeness (QED) is 0.814. The van der Waals surface area contributed by atoms with Crippen LogP contribution in [-0.4, -0.2) is 45.7 Å². The van der Waals surface area contributed by atoms with E-state index < -0.39 is 0 Å². The summed E-state index contributed by atoms with van der Waals surface area (Å²) >= 11 is 12.0. The molecule has 1 aromatic carbocycles. The SMILES string of the molecule is C[C@H]1CN(C(=O)Cn2cnc3c(Cl)cc(Cl)cc3c2=O)C[C@H](C)O1. The predicted molar refractivity (Wildman–Crippen MR) is 92.6 cm³/mol. The van der Waals surface area contributed by atoms with E-state index in [1.165, 1.54) is 23.0 Å². The molecule has 2 aromatic rings. The van der Waals surface area contributed by atoms with Crippen molar-refractivity contribution in [3.05, 3.63) is 38.9 Å². The minimum atomic E-state index is -0.341. The standard InChI is InChI=1S/C16H17Cl2N3O3/c1-9-5-20(6-10(2)24-9)14(22)7-21-8-19-15-12(16(21)23)3-11(17)4-13(15)18/h3-4,8-10H,5-7H2,1-2H3/t9-,10-/m0/s1. The number of hydrogen-bond acceptors (Lipinski definition) is 4. The van der Waals surface area contributed by atoms with Crippen molar-refractivity contribution in [2.24, 2.45) is 0 Å². The van der Waals surface area contributed by atoms with Gasteiger partial charge in [-0.25, -0.2) is 4.98 Å². The van der Waals surface area contributed by atoms with Gasteiger partial charge in [0.1, 0.15) is 6.54 Å². The lowest BCUT2D eigenvalue weighted by atomic mass is 10.2. The molecule has 0 bridgehead atoms. The number of fused-ring (bicyclic) bond motifs is 1. The summed E-state index contributed by atoms with van der Waals surface area (Å²) in [5, 5.41) is 0.960. The Morgan fingerprint density at radius 2 is 1.96 bits per heavy atom. The molecule has 1 aromatic heterocycles. The number of carbonyl (C=O) groups is 1. The van der Waals surface area contributed by atoms with Crippen LogP contribution in [0.15, 0.2) is 23.3 Å². The van der Waals surface area contributed by atoms with Crippen molar-refractivity contribution >= 4 is 40.0 Å². The first kappa shape index (κ1) is 17.2. The lowest BCUT2D eigenvalue weighted by Crippen LogP contribution is -2.49. The van der Waals surface area contributed by atoms with Gasteiger partial charge in [-0.3, -0.25) is 14.2 Å². The molecule has 0 saturated carbocycles. The van der Waals surface area contributed by atoms with Crippen molar-refractivity contribution in [2.45, 2.75) is 32.6 Å². The van der Waals surface area contributed by atoms with Gasteiger partial charge >= 0.3 is 0 Å². The van der Waals surface area contributed by atoms with E-state index in [4.69, 9.17) is 27.9 Å². The van der Waals surface area contributed by atoms with E-state index in [9.17, 15) is 9.59 Å². The van der Waals surface area contributed by atoms with E-state index >= 15 is 0 Å². The Morgan fingerprint density at radius 1 is 1.29 bits per heavy atom. The Morgan fingerprint density at radius 3 is 2.62 bits per heavy atom. The van der Waals surface area contributed by atoms with E-state index in [0.717, 1.165) is 0 Å². The van der Waals surface area contributed by atoms with Crippen LogP contribution in [0.5, 0.6) is 0 Å². The van der Waals surface area contributed by atoms with Crippen LogP contribution in [0.1, 0.15) is 13.8 Å². The molecule has 1 saturated heterocycles. The van der Waals surface area contributed by atoms with Gasteiger partial charge in [0.05, 0.1) is 34.5 Å². The van der Waals surface area contributed by atoms with Gasteiger partial charge in [-0.2, -0.15) is 0 Å². The molecular weight excluding hydrogens is 353 g/mol. The molecule has 24 heavy (non-hydrogen) atoms. The van der Waals surface area contributed by atoms with Gasteiger partial charge in [0.15, 0.2) is 0 Å². The van der Waals surface area contributed by atoms with Gasteiger partial charge in [-0.1, -0.05) is 23.2 Å². The third-order valence-electron chi connectivity index (χ3n) is 3.92. The minimum absolute atomic E-state index is 0.0261. The Labute approximate surface area is 148 Å². The number of hydrogen-bond donors (Lipinski definition) is 0. The molecule has 1 aliphatic rings. The van der Waals surface area contributed by atoms with Crippen molar-refractivity contribution in [2.75, 3.05) is 13.1 Å². The normalized spacial score (nSPS) is 21.2. The number of rotatable bonds is 2. The smallest absolute Gasteiger partial charge is 0.261 e. The molecule has 128 valence electrons. The van der Waals surface area contributed by atoms with Gasteiger partial charge in [0, 0.05) is 18.1 Å². The summed E-state index contributed by atoms with van der Waals surface area (Å²) in [6.07, 6.45) is 1.29. The molecule has 1 fully saturated rings. The van der Waals surface area contributed by atoms with E-state index in [1.807, 2.05) is 13.8 Å². The fraction of sp³-hybridized carbons (Fsp3) is 0.438. The number of ether oxygens (including phenoxy) is 1. The van der Waals surface area contributed by atoms with E-state index in [0.29, 0.717) is 34.0 Å². The van der Waals surface area contributed by atoms with Gasteiger partial charge in [0.2, 0.25) is 5.91 Å². The first-order valence-electron chi connectivity index (χ1n) is 7.62. The van der Waals surface area contributed by atoms with Crippen LogP contribution >= 0.6 is 23.2 Å². The van der Waals surface area contributed by atoms with Gasteiger partial charge in [-0.15, -0.1) is 0 Å². The number of halogens is 2. The molecule has 1 amide bonds. The topological polar surface area (TPSA) is 64.4 Å². The van der Waals surface area contributed by atoms with E-state index in [-0.39, 0.29) is 30.2 Å². The predicted octanol–water partition coefficient (Wildman–Crippen LogP) is 2.34. The minimum Gasteiger partial charge on any atom is -0.372 e. The Hall–Kier alpha value is -1.63. The van der Waals surface area contributed by atoms with Crippen LogP contribution in [0.4, 0.5) is 0 Å². The highest BCUT2D eigenvalue weighted by Gasteiger charge is 2.26. The lowest BCUT2D eigenvalue weighted by molar-refractivity contribution is -0.143. The molecular formula is C16H17Cl2N3O3. The molecule has 3 rings (SSSR count). The summed E-state index contributed by atoms with van der Waals surface area (Å²) in [4.78, 5) is 31.0.